The van der Waals surface area contributed by atoms with Gasteiger partial charge in [-0.05, 0) is 57.3 Å². The number of nitrogens with zero attached hydrogens (tertiary/aromatic N) is 1. The van der Waals surface area contributed by atoms with E-state index in [2.05, 4.69) is 49.3 Å². The predicted molar refractivity (Wildman–Crippen MR) is 82.0 cm³/mol. The van der Waals surface area contributed by atoms with Gasteiger partial charge in [-0.1, -0.05) is 17.7 Å². The number of aryl methyl sites for hydroxylation is 2. The van der Waals surface area contributed by atoms with Gasteiger partial charge in [0.1, 0.15) is 0 Å². The average Bonchev–Trinajstić information content (AvgIpc) is 2.30. The standard InChI is InChI=1S/C15H24N2.ClH/c1-12-6-7-15(13(2)9-12)17(3)11-14-5-4-8-16-10-14;/h6-7,9,14,16H,4-5,8,10-11H2,1-3H3;1H. The lowest BCUT2D eigenvalue weighted by Crippen LogP contribution is -2.37. The number of rotatable bonds is 3. The highest BCUT2D eigenvalue weighted by molar-refractivity contribution is 5.85. The van der Waals surface area contributed by atoms with Crippen LogP contribution < -0.4 is 10.2 Å². The molecule has 1 saturated heterocycles. The van der Waals surface area contributed by atoms with Gasteiger partial charge < -0.3 is 10.2 Å². The fourth-order valence-corrected chi connectivity index (χ4v) is 2.80. The highest BCUT2D eigenvalue weighted by Crippen LogP contribution is 2.22. The second kappa shape index (κ2) is 7.01. The molecule has 102 valence electrons. The lowest BCUT2D eigenvalue weighted by atomic mass is 9.98. The van der Waals surface area contributed by atoms with Crippen molar-refractivity contribution in [2.24, 2.45) is 5.92 Å². The Kier molecular flexibility index (Phi) is 5.97. The van der Waals surface area contributed by atoms with E-state index < -0.39 is 0 Å². The van der Waals surface area contributed by atoms with E-state index >= 15 is 0 Å². The van der Waals surface area contributed by atoms with Gasteiger partial charge in [-0.3, -0.25) is 0 Å². The van der Waals surface area contributed by atoms with Gasteiger partial charge in [0.25, 0.3) is 0 Å². The zero-order valence-electron chi connectivity index (χ0n) is 11.7. The van der Waals surface area contributed by atoms with E-state index in [0.29, 0.717) is 0 Å². The summed E-state index contributed by atoms with van der Waals surface area (Å²) in [6, 6.07) is 6.73. The van der Waals surface area contributed by atoms with Gasteiger partial charge in [0.15, 0.2) is 0 Å². The normalized spacial score (nSPS) is 19.2. The maximum Gasteiger partial charge on any atom is 0.0393 e. The predicted octanol–water partition coefficient (Wildman–Crippen LogP) is 3.16. The van der Waals surface area contributed by atoms with Crippen molar-refractivity contribution in [3.8, 4) is 0 Å². The highest BCUT2D eigenvalue weighted by Gasteiger charge is 2.15. The first-order chi connectivity index (χ1) is 8.16. The van der Waals surface area contributed by atoms with Crippen molar-refractivity contribution >= 4 is 18.1 Å². The first-order valence-corrected chi connectivity index (χ1v) is 6.66. The maximum absolute atomic E-state index is 3.49. The Morgan fingerprint density at radius 2 is 2.11 bits per heavy atom. The topological polar surface area (TPSA) is 15.3 Å². The quantitative estimate of drug-likeness (QED) is 0.906. The molecule has 1 aliphatic rings. The van der Waals surface area contributed by atoms with Crippen LogP contribution in [-0.2, 0) is 0 Å². The van der Waals surface area contributed by atoms with Crippen molar-refractivity contribution in [3.05, 3.63) is 29.3 Å². The molecule has 0 spiro atoms. The van der Waals surface area contributed by atoms with Gasteiger partial charge in [-0.2, -0.15) is 0 Å². The number of nitrogens with one attached hydrogen (secondary N) is 1. The Balaban J connectivity index is 0.00000162. The van der Waals surface area contributed by atoms with Crippen LogP contribution in [0.4, 0.5) is 5.69 Å². The summed E-state index contributed by atoms with van der Waals surface area (Å²) < 4.78 is 0. The molecule has 0 radical (unpaired) electrons. The van der Waals surface area contributed by atoms with Crippen LogP contribution in [-0.4, -0.2) is 26.7 Å². The molecule has 1 heterocycles. The largest absolute Gasteiger partial charge is 0.374 e. The maximum atomic E-state index is 3.49. The molecule has 0 saturated carbocycles. The van der Waals surface area contributed by atoms with E-state index in [4.69, 9.17) is 0 Å². The molecular weight excluding hydrogens is 244 g/mol. The molecule has 0 amide bonds. The second-order valence-corrected chi connectivity index (χ2v) is 5.38. The Hall–Kier alpha value is -0.730. The minimum atomic E-state index is 0. The van der Waals surface area contributed by atoms with E-state index in [1.165, 1.54) is 42.7 Å². The van der Waals surface area contributed by atoms with Crippen LogP contribution in [0.3, 0.4) is 0 Å². The lowest BCUT2D eigenvalue weighted by Gasteiger charge is -2.29. The van der Waals surface area contributed by atoms with E-state index in [1.807, 2.05) is 0 Å². The Morgan fingerprint density at radius 1 is 1.33 bits per heavy atom. The fraction of sp³-hybridized carbons (Fsp3) is 0.600. The molecule has 1 atom stereocenters. The minimum Gasteiger partial charge on any atom is -0.374 e. The molecule has 1 aromatic carbocycles. The monoisotopic (exact) mass is 268 g/mol. The molecule has 18 heavy (non-hydrogen) atoms. The summed E-state index contributed by atoms with van der Waals surface area (Å²) in [6.07, 6.45) is 2.69. The van der Waals surface area contributed by atoms with Crippen molar-refractivity contribution < 1.29 is 0 Å². The van der Waals surface area contributed by atoms with Gasteiger partial charge in [0.05, 0.1) is 0 Å². The number of halogens is 1. The summed E-state index contributed by atoms with van der Waals surface area (Å²) in [5.74, 6) is 0.800. The second-order valence-electron chi connectivity index (χ2n) is 5.38. The fourth-order valence-electron chi connectivity index (χ4n) is 2.80. The van der Waals surface area contributed by atoms with Crippen molar-refractivity contribution in [1.82, 2.24) is 5.32 Å². The number of anilines is 1. The molecule has 1 aliphatic heterocycles. The summed E-state index contributed by atoms with van der Waals surface area (Å²) in [6.45, 7) is 7.90. The zero-order valence-corrected chi connectivity index (χ0v) is 12.5. The van der Waals surface area contributed by atoms with E-state index in [1.54, 1.807) is 0 Å². The molecule has 3 heteroatoms. The first kappa shape index (κ1) is 15.3. The van der Waals surface area contributed by atoms with Gasteiger partial charge in [0.2, 0.25) is 0 Å². The number of hydrogen-bond acceptors (Lipinski definition) is 2. The third-order valence-corrected chi connectivity index (χ3v) is 3.69. The number of hydrogen-bond donors (Lipinski definition) is 1. The minimum absolute atomic E-state index is 0. The van der Waals surface area contributed by atoms with E-state index in [-0.39, 0.29) is 12.4 Å². The molecule has 0 bridgehead atoms. The average molecular weight is 269 g/mol. The van der Waals surface area contributed by atoms with Gasteiger partial charge in [0, 0.05) is 19.3 Å². The van der Waals surface area contributed by atoms with Crippen molar-refractivity contribution in [2.75, 3.05) is 31.6 Å². The number of benzene rings is 1. The SMILES string of the molecule is Cc1ccc(N(C)CC2CCCNC2)c(C)c1.Cl. The third kappa shape index (κ3) is 3.89. The van der Waals surface area contributed by atoms with Gasteiger partial charge in [-0.25, -0.2) is 0 Å². The van der Waals surface area contributed by atoms with Crippen molar-refractivity contribution in [3.63, 3.8) is 0 Å². The molecular formula is C15H25ClN2. The van der Waals surface area contributed by atoms with Gasteiger partial charge >= 0.3 is 0 Å². The third-order valence-electron chi connectivity index (χ3n) is 3.69. The molecule has 1 N–H and O–H groups in total. The Labute approximate surface area is 117 Å². The van der Waals surface area contributed by atoms with Crippen LogP contribution in [0.5, 0.6) is 0 Å². The summed E-state index contributed by atoms with van der Waals surface area (Å²) in [4.78, 5) is 2.41. The Morgan fingerprint density at radius 3 is 2.72 bits per heavy atom. The van der Waals surface area contributed by atoms with Crippen LogP contribution in [0.1, 0.15) is 24.0 Å². The van der Waals surface area contributed by atoms with Crippen molar-refractivity contribution in [1.29, 1.82) is 0 Å². The summed E-state index contributed by atoms with van der Waals surface area (Å²) >= 11 is 0. The highest BCUT2D eigenvalue weighted by atomic mass is 35.5. The van der Waals surface area contributed by atoms with Crippen LogP contribution in [0, 0.1) is 19.8 Å². The molecule has 1 aromatic rings. The molecule has 2 nitrogen and oxygen atoms in total. The molecule has 1 unspecified atom stereocenters. The van der Waals surface area contributed by atoms with Crippen LogP contribution >= 0.6 is 12.4 Å². The zero-order chi connectivity index (χ0) is 12.3. The van der Waals surface area contributed by atoms with Crippen molar-refractivity contribution in [2.45, 2.75) is 26.7 Å². The Bertz CT molecular complexity index is 373. The summed E-state index contributed by atoms with van der Waals surface area (Å²) in [7, 11) is 2.21. The first-order valence-electron chi connectivity index (χ1n) is 6.66. The van der Waals surface area contributed by atoms with Crippen LogP contribution in [0.25, 0.3) is 0 Å². The molecule has 1 fully saturated rings. The number of piperidine rings is 1. The van der Waals surface area contributed by atoms with Crippen LogP contribution in [0.2, 0.25) is 0 Å². The summed E-state index contributed by atoms with van der Waals surface area (Å²) in [5, 5.41) is 3.49. The molecule has 0 aromatic heterocycles. The van der Waals surface area contributed by atoms with Gasteiger partial charge in [-0.15, -0.1) is 12.4 Å². The van der Waals surface area contributed by atoms with E-state index in [9.17, 15) is 0 Å². The molecule has 0 aliphatic carbocycles. The smallest absolute Gasteiger partial charge is 0.0393 e. The summed E-state index contributed by atoms with van der Waals surface area (Å²) in [5.41, 5.74) is 4.11. The lowest BCUT2D eigenvalue weighted by molar-refractivity contribution is 0.381. The van der Waals surface area contributed by atoms with E-state index in [0.717, 1.165) is 12.5 Å². The molecule has 2 rings (SSSR count). The van der Waals surface area contributed by atoms with Crippen LogP contribution in [0.15, 0.2) is 18.2 Å².